The lowest BCUT2D eigenvalue weighted by Gasteiger charge is -2.15. The molecule has 0 atom stereocenters. The van der Waals surface area contributed by atoms with Gasteiger partial charge in [-0.15, -0.1) is 0 Å². The highest BCUT2D eigenvalue weighted by molar-refractivity contribution is 14.1. The minimum absolute atomic E-state index is 0.238. The molecule has 0 bridgehead atoms. The number of hydrogen-bond donors (Lipinski definition) is 2. The average molecular weight is 559 g/mol. The van der Waals surface area contributed by atoms with Gasteiger partial charge in [0.05, 0.1) is 11.1 Å². The highest BCUT2D eigenvalue weighted by Gasteiger charge is 2.10. The summed E-state index contributed by atoms with van der Waals surface area (Å²) in [6.07, 6.45) is 1.45. The normalized spacial score (nSPS) is 10.8. The lowest BCUT2D eigenvalue weighted by molar-refractivity contribution is 0.102. The summed E-state index contributed by atoms with van der Waals surface area (Å²) in [7, 11) is 3.85. The first kappa shape index (κ1) is 22.2. The predicted octanol–water partition coefficient (Wildman–Crippen LogP) is 5.21. The highest BCUT2D eigenvalue weighted by atomic mass is 127. The van der Waals surface area contributed by atoms with Gasteiger partial charge in [-0.2, -0.15) is 4.98 Å². The molecule has 2 aromatic carbocycles. The second-order valence-electron chi connectivity index (χ2n) is 7.30. The van der Waals surface area contributed by atoms with Crippen molar-refractivity contribution in [3.05, 3.63) is 80.6 Å². The van der Waals surface area contributed by atoms with Crippen LogP contribution < -0.4 is 15.5 Å². The molecule has 2 aromatic heterocycles. The van der Waals surface area contributed by atoms with Crippen LogP contribution in [0.15, 0.2) is 60.8 Å². The van der Waals surface area contributed by atoms with Gasteiger partial charge in [0.25, 0.3) is 5.91 Å². The summed E-state index contributed by atoms with van der Waals surface area (Å²) in [5, 5.41) is 7.60. The van der Waals surface area contributed by atoms with Crippen molar-refractivity contribution < 1.29 is 4.79 Å². The number of halogens is 2. The number of anilines is 3. The van der Waals surface area contributed by atoms with Gasteiger partial charge in [-0.25, -0.2) is 9.97 Å². The first-order chi connectivity index (χ1) is 15.4. The standard InChI is InChI=1S/C23H20ClIN6O/c1-31(2)23-29-19-11-16(25)6-9-18(19)21(30-23)27-12-14-3-7-17(8-4-14)28-22(32)15-5-10-20(24)26-13-15/h3-11,13H,12H2,1-2H3,(H,28,32)(H,27,29,30). The van der Waals surface area contributed by atoms with Gasteiger partial charge in [-0.3, -0.25) is 4.79 Å². The number of carbonyl (C=O) groups is 1. The van der Waals surface area contributed by atoms with Crippen molar-refractivity contribution in [2.75, 3.05) is 29.6 Å². The molecule has 32 heavy (non-hydrogen) atoms. The zero-order valence-electron chi connectivity index (χ0n) is 17.4. The molecule has 0 unspecified atom stereocenters. The van der Waals surface area contributed by atoms with Crippen molar-refractivity contribution in [1.82, 2.24) is 15.0 Å². The fourth-order valence-corrected chi connectivity index (χ4v) is 3.62. The number of pyridine rings is 1. The third-order valence-corrected chi connectivity index (χ3v) is 5.60. The van der Waals surface area contributed by atoms with Gasteiger partial charge in [0.1, 0.15) is 11.0 Å². The van der Waals surface area contributed by atoms with Crippen LogP contribution in [0.4, 0.5) is 17.5 Å². The molecule has 0 aliphatic rings. The average Bonchev–Trinajstić information content (AvgIpc) is 2.78. The summed E-state index contributed by atoms with van der Waals surface area (Å²) in [5.41, 5.74) is 3.10. The minimum Gasteiger partial charge on any atom is -0.365 e. The van der Waals surface area contributed by atoms with E-state index >= 15 is 0 Å². The number of benzene rings is 2. The van der Waals surface area contributed by atoms with E-state index in [0.717, 1.165) is 25.9 Å². The fraction of sp³-hybridized carbons (Fsp3) is 0.130. The molecule has 9 heteroatoms. The van der Waals surface area contributed by atoms with Crippen LogP contribution in [0.5, 0.6) is 0 Å². The Balaban J connectivity index is 1.47. The van der Waals surface area contributed by atoms with Crippen LogP contribution in [0, 0.1) is 3.57 Å². The van der Waals surface area contributed by atoms with Crippen LogP contribution in [0.25, 0.3) is 10.9 Å². The van der Waals surface area contributed by atoms with Gasteiger partial charge >= 0.3 is 0 Å². The van der Waals surface area contributed by atoms with Crippen molar-refractivity contribution in [2.45, 2.75) is 6.54 Å². The van der Waals surface area contributed by atoms with Gasteiger partial charge in [-0.1, -0.05) is 23.7 Å². The number of hydrogen-bond acceptors (Lipinski definition) is 6. The van der Waals surface area contributed by atoms with Gasteiger partial charge in [0.15, 0.2) is 0 Å². The lowest BCUT2D eigenvalue weighted by atomic mass is 10.2. The fourth-order valence-electron chi connectivity index (χ4n) is 3.03. The second-order valence-corrected chi connectivity index (χ2v) is 8.94. The number of nitrogens with one attached hydrogen (secondary N) is 2. The summed E-state index contributed by atoms with van der Waals surface area (Å²) < 4.78 is 1.12. The summed E-state index contributed by atoms with van der Waals surface area (Å²) in [4.78, 5) is 27.5. The zero-order chi connectivity index (χ0) is 22.7. The quantitative estimate of drug-likeness (QED) is 0.250. The van der Waals surface area contributed by atoms with Crippen molar-refractivity contribution >= 4 is 68.5 Å². The Labute approximate surface area is 204 Å². The maximum Gasteiger partial charge on any atom is 0.257 e. The van der Waals surface area contributed by atoms with Crippen molar-refractivity contribution in [2.24, 2.45) is 0 Å². The van der Waals surface area contributed by atoms with Gasteiger partial charge in [0.2, 0.25) is 5.95 Å². The van der Waals surface area contributed by atoms with E-state index in [1.807, 2.05) is 61.5 Å². The summed E-state index contributed by atoms with van der Waals surface area (Å²) in [5.74, 6) is 1.19. The molecule has 0 aliphatic heterocycles. The zero-order valence-corrected chi connectivity index (χ0v) is 20.3. The number of rotatable bonds is 6. The van der Waals surface area contributed by atoms with Gasteiger partial charge in [0, 0.05) is 41.5 Å². The molecule has 0 saturated heterocycles. The molecular formula is C23H20ClIN6O. The first-order valence-corrected chi connectivity index (χ1v) is 11.2. The summed E-state index contributed by atoms with van der Waals surface area (Å²) in [6.45, 7) is 0.584. The Hall–Kier alpha value is -2.98. The summed E-state index contributed by atoms with van der Waals surface area (Å²) >= 11 is 8.05. The Kier molecular flexibility index (Phi) is 6.71. The van der Waals surface area contributed by atoms with E-state index in [1.165, 1.54) is 6.20 Å². The lowest BCUT2D eigenvalue weighted by Crippen LogP contribution is -2.14. The van der Waals surface area contributed by atoms with Gasteiger partial charge in [-0.05, 0) is 70.6 Å². The third-order valence-electron chi connectivity index (χ3n) is 4.71. The van der Waals surface area contributed by atoms with Crippen LogP contribution in [0.1, 0.15) is 15.9 Å². The molecular weight excluding hydrogens is 539 g/mol. The molecule has 0 saturated carbocycles. The van der Waals surface area contributed by atoms with Crippen LogP contribution in [-0.4, -0.2) is 35.0 Å². The number of fused-ring (bicyclic) bond motifs is 1. The number of carbonyl (C=O) groups excluding carboxylic acids is 1. The molecule has 7 nitrogen and oxygen atoms in total. The summed E-state index contributed by atoms with van der Waals surface area (Å²) in [6, 6.07) is 17.0. The van der Waals surface area contributed by atoms with Gasteiger partial charge < -0.3 is 15.5 Å². The SMILES string of the molecule is CN(C)c1nc(NCc2ccc(NC(=O)c3ccc(Cl)nc3)cc2)c2ccc(I)cc2n1. The van der Waals surface area contributed by atoms with E-state index in [-0.39, 0.29) is 5.91 Å². The molecule has 4 rings (SSSR count). The van der Waals surface area contributed by atoms with E-state index in [2.05, 4.69) is 48.2 Å². The van der Waals surface area contributed by atoms with Crippen LogP contribution in [0.3, 0.4) is 0 Å². The number of nitrogens with zero attached hydrogens (tertiary/aromatic N) is 4. The topological polar surface area (TPSA) is 83.0 Å². The van der Waals surface area contributed by atoms with Crippen LogP contribution in [0.2, 0.25) is 5.15 Å². The predicted molar refractivity (Wildman–Crippen MR) is 138 cm³/mol. The molecule has 2 N–H and O–H groups in total. The number of aromatic nitrogens is 3. The molecule has 0 radical (unpaired) electrons. The smallest absolute Gasteiger partial charge is 0.257 e. The maximum absolute atomic E-state index is 12.3. The molecule has 0 fully saturated rings. The van der Waals surface area contributed by atoms with Crippen LogP contribution in [-0.2, 0) is 6.54 Å². The Morgan fingerprint density at radius 3 is 2.53 bits per heavy atom. The second kappa shape index (κ2) is 9.66. The van der Waals surface area contributed by atoms with E-state index in [9.17, 15) is 4.79 Å². The molecule has 0 spiro atoms. The highest BCUT2D eigenvalue weighted by Crippen LogP contribution is 2.25. The van der Waals surface area contributed by atoms with Crippen molar-refractivity contribution in [3.8, 4) is 0 Å². The third kappa shape index (κ3) is 5.25. The minimum atomic E-state index is -0.238. The van der Waals surface area contributed by atoms with E-state index in [1.54, 1.807) is 12.1 Å². The molecule has 0 aliphatic carbocycles. The van der Waals surface area contributed by atoms with Crippen molar-refractivity contribution in [1.29, 1.82) is 0 Å². The molecule has 162 valence electrons. The van der Waals surface area contributed by atoms with E-state index < -0.39 is 0 Å². The first-order valence-electron chi connectivity index (χ1n) is 9.79. The van der Waals surface area contributed by atoms with Crippen LogP contribution >= 0.6 is 34.2 Å². The Bertz CT molecular complexity index is 1260. The molecule has 1 amide bonds. The van der Waals surface area contributed by atoms with E-state index in [0.29, 0.717) is 28.9 Å². The largest absolute Gasteiger partial charge is 0.365 e. The van der Waals surface area contributed by atoms with Crippen molar-refractivity contribution in [3.63, 3.8) is 0 Å². The Morgan fingerprint density at radius 1 is 1.06 bits per heavy atom. The number of amides is 1. The Morgan fingerprint density at radius 2 is 1.84 bits per heavy atom. The maximum atomic E-state index is 12.3. The molecule has 4 aromatic rings. The molecule has 2 heterocycles. The monoisotopic (exact) mass is 558 g/mol. The van der Waals surface area contributed by atoms with E-state index in [4.69, 9.17) is 11.6 Å².